The summed E-state index contributed by atoms with van der Waals surface area (Å²) in [6.45, 7) is 20.2. The van der Waals surface area contributed by atoms with Gasteiger partial charge >= 0.3 is 30.1 Å². The highest BCUT2D eigenvalue weighted by molar-refractivity contribution is 5.96. The van der Waals surface area contributed by atoms with Crippen LogP contribution in [0, 0.1) is 5.92 Å². The molecule has 0 aromatic carbocycles. The van der Waals surface area contributed by atoms with Gasteiger partial charge in [-0.05, 0) is 74.1 Å². The highest BCUT2D eigenvalue weighted by Gasteiger charge is 2.42. The van der Waals surface area contributed by atoms with E-state index < -0.39 is 47.0 Å². The Bertz CT molecular complexity index is 849. The molecule has 1 fully saturated rings. The van der Waals surface area contributed by atoms with Gasteiger partial charge in [0.2, 0.25) is 0 Å². The van der Waals surface area contributed by atoms with Crippen LogP contribution in [0.1, 0.15) is 88.0 Å². The number of nitrogens with one attached hydrogen (secondary N) is 2. The van der Waals surface area contributed by atoms with Crippen LogP contribution in [-0.2, 0) is 38.1 Å². The second kappa shape index (κ2) is 15.9. The first-order valence-corrected chi connectivity index (χ1v) is 13.0. The molecule has 1 rings (SSSR count). The normalized spacial score (nSPS) is 15.0. The molecule has 0 unspecified atom stereocenters. The van der Waals surface area contributed by atoms with Crippen LogP contribution in [0.2, 0.25) is 0 Å². The van der Waals surface area contributed by atoms with Crippen molar-refractivity contribution in [3.8, 4) is 0 Å². The number of rotatable bonds is 10. The van der Waals surface area contributed by atoms with E-state index in [1.54, 1.807) is 48.5 Å². The molecule has 0 spiro atoms. The molecule has 0 saturated carbocycles. The predicted molar refractivity (Wildman–Crippen MR) is 142 cm³/mol. The highest BCUT2D eigenvalue weighted by Crippen LogP contribution is 2.25. The van der Waals surface area contributed by atoms with Gasteiger partial charge in [-0.3, -0.25) is 9.59 Å². The quantitative estimate of drug-likeness (QED) is 0.131. The van der Waals surface area contributed by atoms with Gasteiger partial charge < -0.3 is 34.3 Å². The Labute approximate surface area is 231 Å². The van der Waals surface area contributed by atoms with Crippen LogP contribution in [0.25, 0.3) is 0 Å². The maximum Gasteiger partial charge on any atom is 0.407 e. The molecular formula is C27H46N2O10. The second-order valence-corrected chi connectivity index (χ2v) is 11.2. The van der Waals surface area contributed by atoms with E-state index in [2.05, 4.69) is 17.2 Å². The zero-order chi connectivity index (χ0) is 30.4. The zero-order valence-corrected chi connectivity index (χ0v) is 24.8. The molecule has 0 bridgehead atoms. The van der Waals surface area contributed by atoms with Crippen LogP contribution in [0.3, 0.4) is 0 Å². The van der Waals surface area contributed by atoms with E-state index in [-0.39, 0.29) is 12.4 Å². The molecule has 39 heavy (non-hydrogen) atoms. The van der Waals surface area contributed by atoms with Gasteiger partial charge in [-0.25, -0.2) is 14.4 Å². The Hall–Kier alpha value is -3.31. The topological polar surface area (TPSA) is 156 Å². The largest absolute Gasteiger partial charge is 0.463 e. The Morgan fingerprint density at radius 2 is 1.31 bits per heavy atom. The Morgan fingerprint density at radius 3 is 1.72 bits per heavy atom. The molecule has 1 aliphatic rings. The molecule has 0 radical (unpaired) electrons. The fourth-order valence-corrected chi connectivity index (χ4v) is 2.93. The molecule has 0 aliphatic carbocycles. The van der Waals surface area contributed by atoms with Crippen molar-refractivity contribution in [3.63, 3.8) is 0 Å². The number of carbonyl (C=O) groups is 5. The molecule has 0 aromatic heterocycles. The SMILES string of the molecule is C=C(CCCNC(=O)OC(C)(C)C)C(=O)OCC.CC(C)(C)OC(=O)NCCCC1C(=O)OC(C)(C)OC1=O. The van der Waals surface area contributed by atoms with Gasteiger partial charge in [-0.2, -0.15) is 0 Å². The van der Waals surface area contributed by atoms with Gasteiger partial charge in [0.05, 0.1) is 6.61 Å². The van der Waals surface area contributed by atoms with Gasteiger partial charge in [0.1, 0.15) is 11.2 Å². The van der Waals surface area contributed by atoms with E-state index in [0.29, 0.717) is 44.5 Å². The zero-order valence-electron chi connectivity index (χ0n) is 24.8. The number of ether oxygens (including phenoxy) is 5. The molecule has 2 N–H and O–H groups in total. The fourth-order valence-electron chi connectivity index (χ4n) is 2.93. The standard InChI is InChI=1S/C14H23NO6.C13H23NO4/c1-13(2,3)21-12(18)15-8-6-7-9-10(16)19-14(4,5)20-11(9)17;1-6-17-11(15)10(2)8-7-9-14-12(16)18-13(3,4)5/h9H,6-8H2,1-5H3,(H,15,18);2,6-9H2,1,3-5H3,(H,14,16). The molecular weight excluding hydrogens is 512 g/mol. The van der Waals surface area contributed by atoms with Crippen LogP contribution in [0.4, 0.5) is 9.59 Å². The van der Waals surface area contributed by atoms with Crippen molar-refractivity contribution in [1.29, 1.82) is 0 Å². The highest BCUT2D eigenvalue weighted by atomic mass is 16.7. The van der Waals surface area contributed by atoms with E-state index in [4.69, 9.17) is 23.7 Å². The monoisotopic (exact) mass is 558 g/mol. The summed E-state index contributed by atoms with van der Waals surface area (Å²) in [6, 6.07) is 0. The first-order valence-electron chi connectivity index (χ1n) is 13.0. The molecule has 0 aromatic rings. The number of hydrogen-bond acceptors (Lipinski definition) is 10. The minimum atomic E-state index is -1.21. The van der Waals surface area contributed by atoms with Gasteiger partial charge in [0.15, 0.2) is 5.92 Å². The minimum absolute atomic E-state index is 0.254. The third-order valence-electron chi connectivity index (χ3n) is 4.49. The van der Waals surface area contributed by atoms with E-state index in [9.17, 15) is 24.0 Å². The lowest BCUT2D eigenvalue weighted by atomic mass is 10.0. The number of hydrogen-bond donors (Lipinski definition) is 2. The van der Waals surface area contributed by atoms with E-state index in [1.165, 1.54) is 13.8 Å². The minimum Gasteiger partial charge on any atom is -0.463 e. The first-order chi connectivity index (χ1) is 17.8. The van der Waals surface area contributed by atoms with Crippen LogP contribution in [-0.4, -0.2) is 66.8 Å². The van der Waals surface area contributed by atoms with Crippen LogP contribution >= 0.6 is 0 Å². The number of esters is 3. The summed E-state index contributed by atoms with van der Waals surface area (Å²) in [6.07, 6.45) is 0.825. The molecule has 2 amide bonds. The molecule has 1 heterocycles. The predicted octanol–water partition coefficient (Wildman–Crippen LogP) is 4.15. The molecule has 12 nitrogen and oxygen atoms in total. The van der Waals surface area contributed by atoms with Crippen LogP contribution < -0.4 is 10.6 Å². The maximum atomic E-state index is 11.7. The molecule has 224 valence electrons. The van der Waals surface area contributed by atoms with Crippen molar-refractivity contribution >= 4 is 30.1 Å². The van der Waals surface area contributed by atoms with Crippen molar-refractivity contribution < 1.29 is 47.7 Å². The number of alkyl carbamates (subject to hydrolysis) is 2. The smallest absolute Gasteiger partial charge is 0.407 e. The summed E-state index contributed by atoms with van der Waals surface area (Å²) in [5.41, 5.74) is -0.645. The van der Waals surface area contributed by atoms with Crippen LogP contribution in [0.15, 0.2) is 12.2 Å². The number of cyclic esters (lactones) is 2. The lowest BCUT2D eigenvalue weighted by Gasteiger charge is -2.32. The summed E-state index contributed by atoms with van der Waals surface area (Å²) < 4.78 is 24.9. The van der Waals surface area contributed by atoms with Gasteiger partial charge in [-0.1, -0.05) is 6.58 Å². The third kappa shape index (κ3) is 17.8. The van der Waals surface area contributed by atoms with Crippen LogP contribution in [0.5, 0.6) is 0 Å². The van der Waals surface area contributed by atoms with E-state index in [1.807, 2.05) is 0 Å². The average molecular weight is 559 g/mol. The molecule has 12 heteroatoms. The lowest BCUT2D eigenvalue weighted by Crippen LogP contribution is -2.46. The van der Waals surface area contributed by atoms with Gasteiger partial charge in [-0.15, -0.1) is 0 Å². The summed E-state index contributed by atoms with van der Waals surface area (Å²) in [4.78, 5) is 57.3. The van der Waals surface area contributed by atoms with Gasteiger partial charge in [0.25, 0.3) is 5.79 Å². The summed E-state index contributed by atoms with van der Waals surface area (Å²) in [5, 5.41) is 5.17. The summed E-state index contributed by atoms with van der Waals surface area (Å²) in [5.74, 6) is -3.70. The van der Waals surface area contributed by atoms with Crippen molar-refractivity contribution in [3.05, 3.63) is 12.2 Å². The second-order valence-electron chi connectivity index (χ2n) is 11.2. The van der Waals surface area contributed by atoms with Crippen molar-refractivity contribution in [2.75, 3.05) is 19.7 Å². The van der Waals surface area contributed by atoms with E-state index >= 15 is 0 Å². The van der Waals surface area contributed by atoms with Gasteiger partial charge in [0, 0.05) is 32.5 Å². The molecule has 0 atom stereocenters. The van der Waals surface area contributed by atoms with E-state index in [0.717, 1.165) is 0 Å². The number of carbonyl (C=O) groups excluding carboxylic acids is 5. The summed E-state index contributed by atoms with van der Waals surface area (Å²) >= 11 is 0. The Kier molecular flexibility index (Phi) is 14.6. The molecule has 1 aliphatic heterocycles. The van der Waals surface area contributed by atoms with Crippen molar-refractivity contribution in [2.45, 2.75) is 105 Å². The average Bonchev–Trinajstić information content (AvgIpc) is 2.73. The van der Waals surface area contributed by atoms with Crippen molar-refractivity contribution in [1.82, 2.24) is 10.6 Å². The Morgan fingerprint density at radius 1 is 0.872 bits per heavy atom. The molecule has 1 saturated heterocycles. The maximum absolute atomic E-state index is 11.7. The Balaban J connectivity index is 0.000000751. The fraction of sp³-hybridized carbons (Fsp3) is 0.741. The summed E-state index contributed by atoms with van der Waals surface area (Å²) in [7, 11) is 0. The lowest BCUT2D eigenvalue weighted by molar-refractivity contribution is -0.240. The van der Waals surface area contributed by atoms with Crippen molar-refractivity contribution in [2.24, 2.45) is 5.92 Å². The first kappa shape index (κ1) is 35.7. The number of amides is 2. The third-order valence-corrected chi connectivity index (χ3v) is 4.49.